The lowest BCUT2D eigenvalue weighted by Crippen LogP contribution is -2.42. The monoisotopic (exact) mass is 171 g/mol. The lowest BCUT2D eigenvalue weighted by atomic mass is 9.94. The molecule has 0 spiro atoms. The van der Waals surface area contributed by atoms with Gasteiger partial charge in [-0.25, -0.2) is 0 Å². The first-order valence-electron chi connectivity index (χ1n) is 5.16. The smallest absolute Gasteiger partial charge is 0.0796 e. The van der Waals surface area contributed by atoms with Crippen LogP contribution in [0.2, 0.25) is 0 Å². The summed E-state index contributed by atoms with van der Waals surface area (Å²) in [5.41, 5.74) is -0.408. The summed E-state index contributed by atoms with van der Waals surface area (Å²) >= 11 is 0. The minimum atomic E-state index is -0.408. The van der Waals surface area contributed by atoms with E-state index in [1.165, 1.54) is 12.8 Å². The van der Waals surface area contributed by atoms with Crippen molar-refractivity contribution >= 4 is 0 Å². The zero-order chi connectivity index (χ0) is 9.03. The van der Waals surface area contributed by atoms with Crippen molar-refractivity contribution in [1.29, 1.82) is 0 Å². The van der Waals surface area contributed by atoms with Gasteiger partial charge in [-0.05, 0) is 38.1 Å². The highest BCUT2D eigenvalue weighted by molar-refractivity contribution is 4.95. The first-order valence-corrected chi connectivity index (χ1v) is 5.16. The van der Waals surface area contributed by atoms with E-state index in [1.54, 1.807) is 0 Å². The molecular formula is C10H21NO. The van der Waals surface area contributed by atoms with Crippen LogP contribution in [0.3, 0.4) is 0 Å². The summed E-state index contributed by atoms with van der Waals surface area (Å²) in [6.45, 7) is 6.03. The largest absolute Gasteiger partial charge is 0.388 e. The van der Waals surface area contributed by atoms with Crippen LogP contribution in [0.5, 0.6) is 0 Å². The van der Waals surface area contributed by atoms with Gasteiger partial charge in [0.25, 0.3) is 0 Å². The van der Waals surface area contributed by atoms with Gasteiger partial charge in [-0.15, -0.1) is 0 Å². The van der Waals surface area contributed by atoms with Crippen LogP contribution in [0.1, 0.15) is 39.5 Å². The van der Waals surface area contributed by atoms with Gasteiger partial charge in [0.2, 0.25) is 0 Å². The average molecular weight is 171 g/mol. The van der Waals surface area contributed by atoms with Gasteiger partial charge in [-0.3, -0.25) is 0 Å². The molecule has 0 aliphatic heterocycles. The van der Waals surface area contributed by atoms with E-state index in [0.29, 0.717) is 5.92 Å². The van der Waals surface area contributed by atoms with Gasteiger partial charge in [-0.2, -0.15) is 0 Å². The molecule has 0 heterocycles. The number of hydrogen-bond acceptors (Lipinski definition) is 2. The molecule has 0 saturated heterocycles. The highest BCUT2D eigenvalue weighted by atomic mass is 16.3. The van der Waals surface area contributed by atoms with E-state index in [-0.39, 0.29) is 0 Å². The molecule has 0 aromatic rings. The average Bonchev–Trinajstić information content (AvgIpc) is 2.87. The first kappa shape index (κ1) is 10.0. The summed E-state index contributed by atoms with van der Waals surface area (Å²) in [4.78, 5) is 0. The third-order valence-electron chi connectivity index (χ3n) is 2.81. The van der Waals surface area contributed by atoms with Crippen molar-refractivity contribution in [3.05, 3.63) is 0 Å². The topological polar surface area (TPSA) is 32.3 Å². The molecule has 1 unspecified atom stereocenters. The van der Waals surface area contributed by atoms with E-state index in [0.717, 1.165) is 25.9 Å². The summed E-state index contributed by atoms with van der Waals surface area (Å²) in [6, 6.07) is 0. The predicted molar refractivity (Wildman–Crippen MR) is 51.1 cm³/mol. The normalized spacial score (nSPS) is 22.2. The van der Waals surface area contributed by atoms with Crippen molar-refractivity contribution in [3.63, 3.8) is 0 Å². The minimum absolute atomic E-state index is 0.408. The van der Waals surface area contributed by atoms with Crippen molar-refractivity contribution in [2.45, 2.75) is 45.1 Å². The van der Waals surface area contributed by atoms with E-state index in [2.05, 4.69) is 19.2 Å². The maximum atomic E-state index is 10.1. The fraction of sp³-hybridized carbons (Fsp3) is 1.00. The molecule has 0 bridgehead atoms. The third kappa shape index (κ3) is 2.46. The Morgan fingerprint density at radius 2 is 2.08 bits per heavy atom. The van der Waals surface area contributed by atoms with E-state index >= 15 is 0 Å². The molecule has 0 amide bonds. The second-order valence-electron chi connectivity index (χ2n) is 3.91. The molecule has 12 heavy (non-hydrogen) atoms. The second kappa shape index (κ2) is 4.24. The van der Waals surface area contributed by atoms with Crippen molar-refractivity contribution < 1.29 is 5.11 Å². The van der Waals surface area contributed by atoms with Crippen molar-refractivity contribution in [3.8, 4) is 0 Å². The Hall–Kier alpha value is -0.0800. The van der Waals surface area contributed by atoms with E-state index in [1.807, 2.05) is 0 Å². The van der Waals surface area contributed by atoms with Gasteiger partial charge >= 0.3 is 0 Å². The maximum Gasteiger partial charge on any atom is 0.0796 e. The van der Waals surface area contributed by atoms with Gasteiger partial charge in [0.1, 0.15) is 0 Å². The van der Waals surface area contributed by atoms with E-state index < -0.39 is 5.60 Å². The van der Waals surface area contributed by atoms with Gasteiger partial charge < -0.3 is 10.4 Å². The Morgan fingerprint density at radius 1 is 1.42 bits per heavy atom. The van der Waals surface area contributed by atoms with Crippen LogP contribution in [0.15, 0.2) is 0 Å². The van der Waals surface area contributed by atoms with Gasteiger partial charge in [0.15, 0.2) is 0 Å². The molecule has 1 rings (SSSR count). The summed E-state index contributed by atoms with van der Waals surface area (Å²) in [6.07, 6.45) is 4.47. The zero-order valence-electron chi connectivity index (χ0n) is 8.27. The van der Waals surface area contributed by atoms with Crippen LogP contribution in [-0.4, -0.2) is 23.8 Å². The van der Waals surface area contributed by atoms with Gasteiger partial charge in [0, 0.05) is 6.54 Å². The summed E-state index contributed by atoms with van der Waals surface area (Å²) in [7, 11) is 0. The first-order chi connectivity index (χ1) is 5.73. The number of aliphatic hydroxyl groups is 1. The SMILES string of the molecule is CCCNCC(O)(CC)C1CC1. The van der Waals surface area contributed by atoms with Crippen molar-refractivity contribution in [1.82, 2.24) is 5.32 Å². The molecular weight excluding hydrogens is 150 g/mol. The summed E-state index contributed by atoms with van der Waals surface area (Å²) in [5.74, 6) is 0.576. The molecule has 2 nitrogen and oxygen atoms in total. The number of rotatable bonds is 6. The Morgan fingerprint density at radius 3 is 2.50 bits per heavy atom. The highest BCUT2D eigenvalue weighted by Crippen LogP contribution is 2.41. The molecule has 1 fully saturated rings. The summed E-state index contributed by atoms with van der Waals surface area (Å²) in [5, 5.41) is 13.4. The Kier molecular flexibility index (Phi) is 3.53. The maximum absolute atomic E-state index is 10.1. The van der Waals surface area contributed by atoms with Crippen molar-refractivity contribution in [2.24, 2.45) is 5.92 Å². The molecule has 1 aliphatic rings. The van der Waals surface area contributed by atoms with Crippen LogP contribution >= 0.6 is 0 Å². The summed E-state index contributed by atoms with van der Waals surface area (Å²) < 4.78 is 0. The second-order valence-corrected chi connectivity index (χ2v) is 3.91. The minimum Gasteiger partial charge on any atom is -0.388 e. The molecule has 2 heteroatoms. The lowest BCUT2D eigenvalue weighted by molar-refractivity contribution is 0.0144. The standard InChI is InChI=1S/C10H21NO/c1-3-7-11-8-10(12,4-2)9-5-6-9/h9,11-12H,3-8H2,1-2H3. The molecule has 0 radical (unpaired) electrons. The lowest BCUT2D eigenvalue weighted by Gasteiger charge is -2.27. The van der Waals surface area contributed by atoms with E-state index in [9.17, 15) is 5.11 Å². The molecule has 0 aromatic carbocycles. The number of hydrogen-bond donors (Lipinski definition) is 2. The molecule has 1 atom stereocenters. The fourth-order valence-corrected chi connectivity index (χ4v) is 1.66. The zero-order valence-corrected chi connectivity index (χ0v) is 8.27. The molecule has 1 saturated carbocycles. The third-order valence-corrected chi connectivity index (χ3v) is 2.81. The quantitative estimate of drug-likeness (QED) is 0.594. The fourth-order valence-electron chi connectivity index (χ4n) is 1.66. The van der Waals surface area contributed by atoms with Crippen LogP contribution in [0.4, 0.5) is 0 Å². The van der Waals surface area contributed by atoms with Gasteiger partial charge in [0.05, 0.1) is 5.60 Å². The molecule has 72 valence electrons. The predicted octanol–water partition coefficient (Wildman–Crippen LogP) is 1.54. The van der Waals surface area contributed by atoms with Crippen molar-refractivity contribution in [2.75, 3.05) is 13.1 Å². The Labute approximate surface area is 75.4 Å². The van der Waals surface area contributed by atoms with E-state index in [4.69, 9.17) is 0 Å². The molecule has 2 N–H and O–H groups in total. The molecule has 0 aromatic heterocycles. The van der Waals surface area contributed by atoms with Crippen LogP contribution in [-0.2, 0) is 0 Å². The van der Waals surface area contributed by atoms with Crippen LogP contribution in [0, 0.1) is 5.92 Å². The van der Waals surface area contributed by atoms with Crippen LogP contribution < -0.4 is 5.32 Å². The Bertz CT molecular complexity index is 134. The van der Waals surface area contributed by atoms with Crippen LogP contribution in [0.25, 0.3) is 0 Å². The number of nitrogens with one attached hydrogen (secondary N) is 1. The Balaban J connectivity index is 2.23. The highest BCUT2D eigenvalue weighted by Gasteiger charge is 2.41. The molecule has 1 aliphatic carbocycles. The van der Waals surface area contributed by atoms with Gasteiger partial charge in [-0.1, -0.05) is 13.8 Å².